The molecule has 4 N–H and O–H groups in total. The SMILES string of the molecule is COc1ccc(CC[C@](N)(C(=O)O)C2C[C@@H]2C(=O)O)cc1OC. The summed E-state index contributed by atoms with van der Waals surface area (Å²) in [7, 11) is 3.06. The van der Waals surface area contributed by atoms with E-state index in [-0.39, 0.29) is 6.42 Å². The van der Waals surface area contributed by atoms with Crippen molar-refractivity contribution >= 4 is 11.9 Å². The summed E-state index contributed by atoms with van der Waals surface area (Å²) in [5.74, 6) is -2.21. The van der Waals surface area contributed by atoms with Gasteiger partial charge in [-0.1, -0.05) is 6.07 Å². The van der Waals surface area contributed by atoms with Gasteiger partial charge in [0.25, 0.3) is 0 Å². The van der Waals surface area contributed by atoms with E-state index in [1.54, 1.807) is 12.1 Å². The van der Waals surface area contributed by atoms with Gasteiger partial charge in [0.1, 0.15) is 5.54 Å². The number of carboxylic acids is 2. The Balaban J connectivity index is 2.11. The van der Waals surface area contributed by atoms with Gasteiger partial charge in [-0.2, -0.15) is 0 Å². The minimum absolute atomic E-state index is 0.159. The molecule has 2 rings (SSSR count). The van der Waals surface area contributed by atoms with E-state index in [1.165, 1.54) is 14.2 Å². The summed E-state index contributed by atoms with van der Waals surface area (Å²) < 4.78 is 10.4. The number of ether oxygens (including phenoxy) is 2. The van der Waals surface area contributed by atoms with Crippen LogP contribution in [0.5, 0.6) is 11.5 Å². The first-order chi connectivity index (χ1) is 10.8. The van der Waals surface area contributed by atoms with Crippen LogP contribution >= 0.6 is 0 Å². The molecule has 1 saturated carbocycles. The summed E-state index contributed by atoms with van der Waals surface area (Å²) in [4.78, 5) is 22.5. The Bertz CT molecular complexity index is 617. The van der Waals surface area contributed by atoms with Crippen LogP contribution in [0.2, 0.25) is 0 Å². The van der Waals surface area contributed by atoms with Gasteiger partial charge < -0.3 is 25.4 Å². The first-order valence-corrected chi connectivity index (χ1v) is 7.29. The molecule has 1 aromatic carbocycles. The van der Waals surface area contributed by atoms with Gasteiger partial charge in [-0.25, -0.2) is 0 Å². The molecule has 0 amide bonds. The van der Waals surface area contributed by atoms with E-state index in [0.29, 0.717) is 24.3 Å². The molecule has 3 atom stereocenters. The fourth-order valence-corrected chi connectivity index (χ4v) is 2.88. The highest BCUT2D eigenvalue weighted by atomic mass is 16.5. The lowest BCUT2D eigenvalue weighted by atomic mass is 9.86. The van der Waals surface area contributed by atoms with Crippen LogP contribution in [0.25, 0.3) is 0 Å². The summed E-state index contributed by atoms with van der Waals surface area (Å²) in [5.41, 5.74) is 5.35. The molecule has 1 aliphatic rings. The van der Waals surface area contributed by atoms with E-state index in [4.69, 9.17) is 20.3 Å². The van der Waals surface area contributed by atoms with Crippen molar-refractivity contribution in [3.63, 3.8) is 0 Å². The highest BCUT2D eigenvalue weighted by Crippen LogP contribution is 2.47. The number of benzene rings is 1. The summed E-state index contributed by atoms with van der Waals surface area (Å²) in [5, 5.41) is 18.4. The van der Waals surface area contributed by atoms with Gasteiger partial charge in [0.05, 0.1) is 20.1 Å². The first kappa shape index (κ1) is 17.1. The zero-order valence-corrected chi connectivity index (χ0v) is 13.1. The Morgan fingerprint density at radius 3 is 2.39 bits per heavy atom. The zero-order chi connectivity index (χ0) is 17.2. The summed E-state index contributed by atoms with van der Waals surface area (Å²) >= 11 is 0. The molecule has 0 heterocycles. The molecule has 0 spiro atoms. The van der Waals surface area contributed by atoms with Crippen LogP contribution in [0, 0.1) is 11.8 Å². The first-order valence-electron chi connectivity index (χ1n) is 7.29. The second-order valence-corrected chi connectivity index (χ2v) is 5.82. The number of nitrogens with two attached hydrogens (primary N) is 1. The van der Waals surface area contributed by atoms with E-state index >= 15 is 0 Å². The number of methoxy groups -OCH3 is 2. The van der Waals surface area contributed by atoms with Gasteiger partial charge in [-0.15, -0.1) is 0 Å². The fourth-order valence-electron chi connectivity index (χ4n) is 2.88. The van der Waals surface area contributed by atoms with Crippen LogP contribution in [-0.4, -0.2) is 41.9 Å². The van der Waals surface area contributed by atoms with Crippen molar-refractivity contribution in [2.45, 2.75) is 24.8 Å². The molecule has 7 nitrogen and oxygen atoms in total. The Morgan fingerprint density at radius 1 is 1.26 bits per heavy atom. The molecule has 0 aromatic heterocycles. The fraction of sp³-hybridized carbons (Fsp3) is 0.500. The normalized spacial score (nSPS) is 22.0. The number of aliphatic carboxylic acids is 2. The average Bonchev–Trinajstić information content (AvgIpc) is 3.33. The molecule has 23 heavy (non-hydrogen) atoms. The molecule has 1 aromatic rings. The maximum Gasteiger partial charge on any atom is 0.324 e. The lowest BCUT2D eigenvalue weighted by molar-refractivity contribution is -0.145. The van der Waals surface area contributed by atoms with Gasteiger partial charge in [-0.05, 0) is 37.0 Å². The number of hydrogen-bond acceptors (Lipinski definition) is 5. The van der Waals surface area contributed by atoms with E-state index in [0.717, 1.165) is 5.56 Å². The van der Waals surface area contributed by atoms with E-state index in [1.807, 2.05) is 6.07 Å². The molecule has 0 aliphatic heterocycles. The number of rotatable bonds is 8. The lowest BCUT2D eigenvalue weighted by Crippen LogP contribution is -2.51. The Kier molecular flexibility index (Phi) is 4.79. The smallest absolute Gasteiger partial charge is 0.324 e. The van der Waals surface area contributed by atoms with E-state index < -0.39 is 29.3 Å². The molecule has 0 radical (unpaired) electrons. The number of hydrogen-bond donors (Lipinski definition) is 3. The molecule has 0 bridgehead atoms. The van der Waals surface area contributed by atoms with Crippen LogP contribution in [0.3, 0.4) is 0 Å². The minimum atomic E-state index is -1.53. The maximum atomic E-state index is 11.6. The summed E-state index contributed by atoms with van der Waals surface area (Å²) in [6, 6.07) is 5.32. The highest BCUT2D eigenvalue weighted by Gasteiger charge is 2.57. The number of carboxylic acid groups (broad SMARTS) is 2. The Morgan fingerprint density at radius 2 is 1.91 bits per heavy atom. The standard InChI is InChI=1S/C16H21NO6/c1-22-12-4-3-9(7-13(12)23-2)5-6-16(17,15(20)21)11-8-10(11)14(18)19/h3-4,7,10-11H,5-6,8,17H2,1-2H3,(H,18,19)(H,20,21)/t10-,11?,16+/m0/s1. The third-order valence-corrected chi connectivity index (χ3v) is 4.44. The molecular weight excluding hydrogens is 302 g/mol. The highest BCUT2D eigenvalue weighted by molar-refractivity contribution is 5.83. The van der Waals surface area contributed by atoms with Gasteiger partial charge in [0, 0.05) is 5.92 Å². The molecule has 1 unspecified atom stereocenters. The van der Waals surface area contributed by atoms with Crippen molar-refractivity contribution < 1.29 is 29.3 Å². The van der Waals surface area contributed by atoms with E-state index in [2.05, 4.69) is 0 Å². The van der Waals surface area contributed by atoms with Crippen LogP contribution in [0.1, 0.15) is 18.4 Å². The van der Waals surface area contributed by atoms with Crippen molar-refractivity contribution in [2.24, 2.45) is 17.6 Å². The van der Waals surface area contributed by atoms with Crippen molar-refractivity contribution in [1.29, 1.82) is 0 Å². The molecule has 0 saturated heterocycles. The topological polar surface area (TPSA) is 119 Å². The van der Waals surface area contributed by atoms with Crippen LogP contribution in [0.4, 0.5) is 0 Å². The lowest BCUT2D eigenvalue weighted by Gasteiger charge is -2.25. The van der Waals surface area contributed by atoms with Crippen LogP contribution in [-0.2, 0) is 16.0 Å². The van der Waals surface area contributed by atoms with Gasteiger partial charge in [0.2, 0.25) is 0 Å². The molecule has 1 fully saturated rings. The zero-order valence-electron chi connectivity index (χ0n) is 13.1. The van der Waals surface area contributed by atoms with Crippen molar-refractivity contribution in [3.8, 4) is 11.5 Å². The molecule has 1 aliphatic carbocycles. The Hall–Kier alpha value is -2.28. The Labute approximate surface area is 134 Å². The van der Waals surface area contributed by atoms with E-state index in [9.17, 15) is 14.7 Å². The largest absolute Gasteiger partial charge is 0.493 e. The summed E-state index contributed by atoms with van der Waals surface area (Å²) in [6.07, 6.45) is 0.877. The molecular formula is C16H21NO6. The summed E-state index contributed by atoms with van der Waals surface area (Å²) in [6.45, 7) is 0. The minimum Gasteiger partial charge on any atom is -0.493 e. The van der Waals surface area contributed by atoms with Crippen molar-refractivity contribution in [3.05, 3.63) is 23.8 Å². The quantitative estimate of drug-likeness (QED) is 0.656. The molecule has 7 heteroatoms. The van der Waals surface area contributed by atoms with Crippen LogP contribution < -0.4 is 15.2 Å². The number of carbonyl (C=O) groups is 2. The van der Waals surface area contributed by atoms with Crippen LogP contribution in [0.15, 0.2) is 18.2 Å². The number of aryl methyl sites for hydroxylation is 1. The predicted molar refractivity (Wildman–Crippen MR) is 81.7 cm³/mol. The average molecular weight is 323 g/mol. The van der Waals surface area contributed by atoms with Crippen molar-refractivity contribution in [1.82, 2.24) is 0 Å². The molecule has 126 valence electrons. The second-order valence-electron chi connectivity index (χ2n) is 5.82. The third-order valence-electron chi connectivity index (χ3n) is 4.44. The van der Waals surface area contributed by atoms with Gasteiger partial charge in [0.15, 0.2) is 11.5 Å². The third kappa shape index (κ3) is 3.39. The maximum absolute atomic E-state index is 11.6. The second kappa shape index (κ2) is 6.45. The predicted octanol–water partition coefficient (Wildman–Crippen LogP) is 1.14. The van der Waals surface area contributed by atoms with Gasteiger partial charge >= 0.3 is 11.9 Å². The monoisotopic (exact) mass is 323 g/mol. The van der Waals surface area contributed by atoms with Gasteiger partial charge in [-0.3, -0.25) is 9.59 Å². The van der Waals surface area contributed by atoms with Crippen molar-refractivity contribution in [2.75, 3.05) is 14.2 Å².